The summed E-state index contributed by atoms with van der Waals surface area (Å²) in [4.78, 5) is 24.0. The van der Waals surface area contributed by atoms with E-state index in [9.17, 15) is 9.59 Å². The van der Waals surface area contributed by atoms with Gasteiger partial charge in [0, 0.05) is 19.5 Å². The van der Waals surface area contributed by atoms with Crippen LogP contribution in [0.15, 0.2) is 0 Å². The first-order chi connectivity index (χ1) is 7.59. The number of hydrogen-bond acceptors (Lipinski definition) is 3. The minimum absolute atomic E-state index is 0.0824. The molecular weight excluding hydrogens is 208 g/mol. The zero-order chi connectivity index (χ0) is 12.0. The van der Waals surface area contributed by atoms with Gasteiger partial charge in [0.05, 0.1) is 6.54 Å². The largest absolute Gasteiger partial charge is 0.448 e. The number of carbonyl (C=O) groups is 2. The molecule has 5 nitrogen and oxygen atoms in total. The van der Waals surface area contributed by atoms with Gasteiger partial charge in [0.2, 0.25) is 5.91 Å². The Morgan fingerprint density at radius 3 is 2.88 bits per heavy atom. The molecule has 1 aliphatic heterocycles. The summed E-state index contributed by atoms with van der Waals surface area (Å²) in [6.45, 7) is 6.45. The maximum atomic E-state index is 11.3. The van der Waals surface area contributed by atoms with Gasteiger partial charge in [-0.1, -0.05) is 13.8 Å². The molecule has 5 heteroatoms. The number of hydrogen-bond donors (Lipinski definition) is 1. The van der Waals surface area contributed by atoms with Gasteiger partial charge in [0.25, 0.3) is 0 Å². The highest BCUT2D eigenvalue weighted by Crippen LogP contribution is 2.03. The number of carbonyl (C=O) groups excluding carboxylic acids is 2. The second-order valence-corrected chi connectivity index (χ2v) is 4.40. The van der Waals surface area contributed by atoms with Crippen LogP contribution < -0.4 is 5.32 Å². The van der Waals surface area contributed by atoms with Crippen molar-refractivity contribution in [2.75, 3.05) is 26.2 Å². The van der Waals surface area contributed by atoms with Crippen LogP contribution in [0.2, 0.25) is 0 Å². The van der Waals surface area contributed by atoms with Crippen molar-refractivity contribution in [2.45, 2.75) is 26.7 Å². The number of ether oxygens (including phenoxy) is 1. The smallest absolute Gasteiger partial charge is 0.409 e. The minimum Gasteiger partial charge on any atom is -0.448 e. The van der Waals surface area contributed by atoms with Crippen molar-refractivity contribution >= 4 is 12.0 Å². The Labute approximate surface area is 96.1 Å². The standard InChI is InChI=1S/C11H20N2O3/c1-9(2)8-10(14)12-4-3-5-13-6-7-16-11(13)15/h9H,3-8H2,1-2H3,(H,12,14). The predicted molar refractivity (Wildman–Crippen MR) is 60.0 cm³/mol. The summed E-state index contributed by atoms with van der Waals surface area (Å²) in [5.74, 6) is 0.465. The Balaban J connectivity index is 2.03. The van der Waals surface area contributed by atoms with E-state index in [4.69, 9.17) is 4.74 Å². The lowest BCUT2D eigenvalue weighted by Gasteiger charge is -2.12. The first-order valence-electron chi connectivity index (χ1n) is 5.78. The Kier molecular flexibility index (Phi) is 5.08. The summed E-state index contributed by atoms with van der Waals surface area (Å²) in [7, 11) is 0. The Morgan fingerprint density at radius 1 is 1.56 bits per heavy atom. The molecule has 92 valence electrons. The Morgan fingerprint density at radius 2 is 2.31 bits per heavy atom. The molecule has 1 rings (SSSR count). The molecule has 2 amide bonds. The second kappa shape index (κ2) is 6.35. The molecule has 0 atom stereocenters. The van der Waals surface area contributed by atoms with Gasteiger partial charge in [0.1, 0.15) is 6.61 Å². The zero-order valence-electron chi connectivity index (χ0n) is 9.99. The summed E-state index contributed by atoms with van der Waals surface area (Å²) < 4.78 is 4.80. The van der Waals surface area contributed by atoms with Crippen LogP contribution in [0.5, 0.6) is 0 Å². The lowest BCUT2D eigenvalue weighted by molar-refractivity contribution is -0.121. The van der Waals surface area contributed by atoms with E-state index in [1.54, 1.807) is 4.90 Å². The first kappa shape index (κ1) is 12.8. The van der Waals surface area contributed by atoms with Crippen molar-refractivity contribution in [3.05, 3.63) is 0 Å². The molecule has 0 saturated carbocycles. The van der Waals surface area contributed by atoms with Crippen molar-refractivity contribution in [2.24, 2.45) is 5.92 Å². The molecule has 0 unspecified atom stereocenters. The van der Waals surface area contributed by atoms with Crippen molar-refractivity contribution in [1.82, 2.24) is 10.2 Å². The number of cyclic esters (lactones) is 1. The molecule has 0 bridgehead atoms. The van der Waals surface area contributed by atoms with Gasteiger partial charge < -0.3 is 15.0 Å². The molecule has 1 aliphatic rings. The van der Waals surface area contributed by atoms with E-state index in [2.05, 4.69) is 5.32 Å². The van der Waals surface area contributed by atoms with Gasteiger partial charge in [-0.3, -0.25) is 4.79 Å². The average Bonchev–Trinajstić information content (AvgIpc) is 2.58. The van der Waals surface area contributed by atoms with Gasteiger partial charge in [-0.2, -0.15) is 0 Å². The van der Waals surface area contributed by atoms with Crippen LogP contribution >= 0.6 is 0 Å². The van der Waals surface area contributed by atoms with Crippen LogP contribution in [0.25, 0.3) is 0 Å². The second-order valence-electron chi connectivity index (χ2n) is 4.40. The molecule has 0 radical (unpaired) electrons. The Bertz CT molecular complexity index is 254. The van der Waals surface area contributed by atoms with Crippen molar-refractivity contribution < 1.29 is 14.3 Å². The van der Waals surface area contributed by atoms with E-state index in [1.807, 2.05) is 13.8 Å². The molecule has 0 aromatic carbocycles. The third-order valence-electron chi connectivity index (χ3n) is 2.37. The van der Waals surface area contributed by atoms with E-state index < -0.39 is 0 Å². The van der Waals surface area contributed by atoms with Gasteiger partial charge in [0.15, 0.2) is 0 Å². The fourth-order valence-corrected chi connectivity index (χ4v) is 1.57. The third kappa shape index (κ3) is 4.51. The van der Waals surface area contributed by atoms with Gasteiger partial charge in [-0.05, 0) is 12.3 Å². The summed E-state index contributed by atoms with van der Waals surface area (Å²) >= 11 is 0. The van der Waals surface area contributed by atoms with Crippen molar-refractivity contribution in [3.8, 4) is 0 Å². The highest BCUT2D eigenvalue weighted by molar-refractivity contribution is 5.76. The highest BCUT2D eigenvalue weighted by Gasteiger charge is 2.20. The average molecular weight is 228 g/mol. The van der Waals surface area contributed by atoms with Crippen LogP contribution in [0.1, 0.15) is 26.7 Å². The molecule has 0 aliphatic carbocycles. The normalized spacial score (nSPS) is 15.4. The Hall–Kier alpha value is -1.26. The van der Waals surface area contributed by atoms with E-state index >= 15 is 0 Å². The SMILES string of the molecule is CC(C)CC(=O)NCCCN1CCOC1=O. The summed E-state index contributed by atoms with van der Waals surface area (Å²) in [5, 5.41) is 2.84. The van der Waals surface area contributed by atoms with Crippen molar-refractivity contribution in [1.29, 1.82) is 0 Å². The minimum atomic E-state index is -0.242. The molecule has 0 aromatic rings. The zero-order valence-corrected chi connectivity index (χ0v) is 9.99. The number of amides is 2. The fourth-order valence-electron chi connectivity index (χ4n) is 1.57. The van der Waals surface area contributed by atoms with Crippen LogP contribution in [0.4, 0.5) is 4.79 Å². The van der Waals surface area contributed by atoms with Crippen LogP contribution in [-0.2, 0) is 9.53 Å². The summed E-state index contributed by atoms with van der Waals surface area (Å²) in [6.07, 6.45) is 1.10. The molecule has 1 N–H and O–H groups in total. The topological polar surface area (TPSA) is 58.6 Å². The fraction of sp³-hybridized carbons (Fsp3) is 0.818. The van der Waals surface area contributed by atoms with E-state index in [0.29, 0.717) is 38.6 Å². The third-order valence-corrected chi connectivity index (χ3v) is 2.37. The van der Waals surface area contributed by atoms with E-state index in [-0.39, 0.29) is 12.0 Å². The van der Waals surface area contributed by atoms with E-state index in [0.717, 1.165) is 6.42 Å². The monoisotopic (exact) mass is 228 g/mol. The van der Waals surface area contributed by atoms with Gasteiger partial charge >= 0.3 is 6.09 Å². The molecular formula is C11H20N2O3. The lowest BCUT2D eigenvalue weighted by atomic mass is 10.1. The molecule has 1 saturated heterocycles. The quantitative estimate of drug-likeness (QED) is 0.690. The summed E-state index contributed by atoms with van der Waals surface area (Å²) in [6, 6.07) is 0. The number of rotatable bonds is 6. The number of nitrogens with zero attached hydrogens (tertiary/aromatic N) is 1. The molecule has 0 spiro atoms. The lowest BCUT2D eigenvalue weighted by Crippen LogP contribution is -2.30. The molecule has 16 heavy (non-hydrogen) atoms. The van der Waals surface area contributed by atoms with Crippen LogP contribution in [0.3, 0.4) is 0 Å². The first-order valence-corrected chi connectivity index (χ1v) is 5.78. The molecule has 1 fully saturated rings. The predicted octanol–water partition coefficient (Wildman–Crippen LogP) is 0.991. The molecule has 1 heterocycles. The molecule has 0 aromatic heterocycles. The maximum Gasteiger partial charge on any atom is 0.409 e. The van der Waals surface area contributed by atoms with Crippen LogP contribution in [0, 0.1) is 5.92 Å². The van der Waals surface area contributed by atoms with Gasteiger partial charge in [-0.15, -0.1) is 0 Å². The van der Waals surface area contributed by atoms with E-state index in [1.165, 1.54) is 0 Å². The van der Waals surface area contributed by atoms with Gasteiger partial charge in [-0.25, -0.2) is 4.79 Å². The summed E-state index contributed by atoms with van der Waals surface area (Å²) in [5.41, 5.74) is 0. The highest BCUT2D eigenvalue weighted by atomic mass is 16.6. The number of nitrogens with one attached hydrogen (secondary N) is 1. The maximum absolute atomic E-state index is 11.3. The van der Waals surface area contributed by atoms with Crippen LogP contribution in [-0.4, -0.2) is 43.1 Å². The van der Waals surface area contributed by atoms with Crippen molar-refractivity contribution in [3.63, 3.8) is 0 Å².